The molecule has 0 aliphatic heterocycles. The van der Waals surface area contributed by atoms with Crippen LogP contribution in [0.15, 0.2) is 0 Å². The molecule has 0 fully saturated rings. The van der Waals surface area contributed by atoms with E-state index in [0.29, 0.717) is 12.3 Å². The Morgan fingerprint density at radius 2 is 2.00 bits per heavy atom. The standard InChI is InChI=1S/C9H16O2/c1-7(2)4-5-9(11)6-8(3)10/h7H,4-6H2,1-3H3/i6D. The number of hydrogen-bond acceptors (Lipinski definition) is 2. The quantitative estimate of drug-likeness (QED) is 0.572. The van der Waals surface area contributed by atoms with Gasteiger partial charge in [-0.1, -0.05) is 13.8 Å². The highest BCUT2D eigenvalue weighted by atomic mass is 16.1. The van der Waals surface area contributed by atoms with E-state index in [9.17, 15) is 9.59 Å². The summed E-state index contributed by atoms with van der Waals surface area (Å²) in [5.74, 6) is -0.159. The van der Waals surface area contributed by atoms with Crippen LogP contribution in [0.5, 0.6) is 0 Å². The zero-order valence-electron chi connectivity index (χ0n) is 8.39. The molecule has 1 unspecified atom stereocenters. The summed E-state index contributed by atoms with van der Waals surface area (Å²) in [4.78, 5) is 21.7. The van der Waals surface area contributed by atoms with Crippen LogP contribution < -0.4 is 0 Å². The Balaban J connectivity index is 3.80. The number of carbonyl (C=O) groups is 2. The van der Waals surface area contributed by atoms with Gasteiger partial charge in [0, 0.05) is 7.79 Å². The molecular weight excluding hydrogens is 140 g/mol. The van der Waals surface area contributed by atoms with E-state index in [4.69, 9.17) is 1.37 Å². The topological polar surface area (TPSA) is 34.1 Å². The minimum absolute atomic E-state index is 0.254. The Hall–Kier alpha value is -0.660. The van der Waals surface area contributed by atoms with Gasteiger partial charge in [-0.25, -0.2) is 0 Å². The van der Waals surface area contributed by atoms with Gasteiger partial charge in [0.2, 0.25) is 0 Å². The first-order valence-corrected chi connectivity index (χ1v) is 3.90. The molecule has 0 aromatic heterocycles. The van der Waals surface area contributed by atoms with Crippen molar-refractivity contribution >= 4 is 11.6 Å². The Labute approximate surface area is 69.4 Å². The molecular formula is C9H16O2. The van der Waals surface area contributed by atoms with Crippen molar-refractivity contribution in [1.82, 2.24) is 0 Å². The molecule has 0 rings (SSSR count). The molecule has 1 atom stereocenters. The molecule has 0 aromatic carbocycles. The molecule has 0 N–H and O–H groups in total. The molecule has 0 saturated heterocycles. The van der Waals surface area contributed by atoms with Gasteiger partial charge in [-0.2, -0.15) is 0 Å². The van der Waals surface area contributed by atoms with E-state index in [-0.39, 0.29) is 11.6 Å². The van der Waals surface area contributed by atoms with E-state index in [0.717, 1.165) is 6.42 Å². The molecule has 11 heavy (non-hydrogen) atoms. The van der Waals surface area contributed by atoms with Gasteiger partial charge in [0.15, 0.2) is 0 Å². The summed E-state index contributed by atoms with van der Waals surface area (Å²) >= 11 is 0. The largest absolute Gasteiger partial charge is 0.300 e. The van der Waals surface area contributed by atoms with Crippen molar-refractivity contribution in [3.8, 4) is 0 Å². The number of rotatable bonds is 5. The van der Waals surface area contributed by atoms with E-state index >= 15 is 0 Å². The highest BCUT2D eigenvalue weighted by Crippen LogP contribution is 2.05. The highest BCUT2D eigenvalue weighted by Gasteiger charge is 2.05. The molecule has 0 heterocycles. The average Bonchev–Trinajstić information content (AvgIpc) is 1.98. The normalized spacial score (nSPS) is 14.4. The zero-order chi connectivity index (χ0) is 9.72. The van der Waals surface area contributed by atoms with Gasteiger partial charge < -0.3 is 0 Å². The van der Waals surface area contributed by atoms with E-state index in [1.54, 1.807) is 0 Å². The van der Waals surface area contributed by atoms with Crippen LogP contribution in [0.25, 0.3) is 0 Å². The molecule has 0 bridgehead atoms. The third kappa shape index (κ3) is 7.23. The van der Waals surface area contributed by atoms with Crippen molar-refractivity contribution in [2.24, 2.45) is 5.92 Å². The first kappa shape index (κ1) is 8.44. The lowest BCUT2D eigenvalue weighted by Gasteiger charge is -2.01. The van der Waals surface area contributed by atoms with E-state index in [1.807, 2.05) is 13.8 Å². The van der Waals surface area contributed by atoms with E-state index < -0.39 is 6.40 Å². The van der Waals surface area contributed by atoms with Crippen LogP contribution in [0.1, 0.15) is 41.4 Å². The molecule has 2 nitrogen and oxygen atoms in total. The fourth-order valence-corrected chi connectivity index (χ4v) is 0.730. The second kappa shape index (κ2) is 5.05. The van der Waals surface area contributed by atoms with Crippen molar-refractivity contribution in [1.29, 1.82) is 0 Å². The third-order valence-corrected chi connectivity index (χ3v) is 1.33. The van der Waals surface area contributed by atoms with E-state index in [2.05, 4.69) is 0 Å². The van der Waals surface area contributed by atoms with Crippen molar-refractivity contribution < 1.29 is 11.0 Å². The summed E-state index contributed by atoms with van der Waals surface area (Å²) in [5.41, 5.74) is 0. The first-order valence-electron chi connectivity index (χ1n) is 4.48. The van der Waals surface area contributed by atoms with Gasteiger partial charge in [-0.15, -0.1) is 0 Å². The molecule has 0 radical (unpaired) electrons. The maximum absolute atomic E-state index is 11.1. The monoisotopic (exact) mass is 157 g/mol. The number of carbonyl (C=O) groups excluding carboxylic acids is 2. The van der Waals surface area contributed by atoms with Crippen LogP contribution in [0, 0.1) is 5.92 Å². The van der Waals surface area contributed by atoms with Crippen LogP contribution in [0.2, 0.25) is 0 Å². The predicted octanol–water partition coefficient (Wildman–Crippen LogP) is 1.97. The molecule has 0 aromatic rings. The van der Waals surface area contributed by atoms with Crippen LogP contribution in [-0.2, 0) is 9.59 Å². The third-order valence-electron chi connectivity index (χ3n) is 1.33. The lowest BCUT2D eigenvalue weighted by molar-refractivity contribution is -0.126. The second-order valence-corrected chi connectivity index (χ2v) is 3.15. The molecule has 0 spiro atoms. The molecule has 0 aliphatic rings. The van der Waals surface area contributed by atoms with Gasteiger partial charge in [0.05, 0.1) is 6.40 Å². The minimum Gasteiger partial charge on any atom is -0.300 e. The molecule has 0 saturated carbocycles. The van der Waals surface area contributed by atoms with Gasteiger partial charge in [0.25, 0.3) is 0 Å². The fourth-order valence-electron chi connectivity index (χ4n) is 0.730. The van der Waals surface area contributed by atoms with Gasteiger partial charge in [0.1, 0.15) is 11.6 Å². The van der Waals surface area contributed by atoms with Crippen LogP contribution in [0.4, 0.5) is 0 Å². The van der Waals surface area contributed by atoms with Gasteiger partial charge in [-0.3, -0.25) is 9.59 Å². The molecule has 64 valence electrons. The van der Waals surface area contributed by atoms with Crippen molar-refractivity contribution in [2.75, 3.05) is 0 Å². The summed E-state index contributed by atoms with van der Waals surface area (Å²) in [5, 5.41) is 0. The fraction of sp³-hybridized carbons (Fsp3) is 0.778. The number of hydrogen-bond donors (Lipinski definition) is 0. The summed E-state index contributed by atoms with van der Waals surface area (Å²) < 4.78 is 7.18. The van der Waals surface area contributed by atoms with Gasteiger partial charge in [-0.05, 0) is 19.3 Å². The van der Waals surface area contributed by atoms with Crippen LogP contribution >= 0.6 is 0 Å². The molecule has 0 aliphatic carbocycles. The lowest BCUT2D eigenvalue weighted by Crippen LogP contribution is -2.05. The maximum Gasteiger partial charge on any atom is 0.140 e. The smallest absolute Gasteiger partial charge is 0.140 e. The Kier molecular flexibility index (Phi) is 3.87. The summed E-state index contributed by atoms with van der Waals surface area (Å²) in [6, 6.07) is 0. The van der Waals surface area contributed by atoms with Gasteiger partial charge >= 0.3 is 0 Å². The Morgan fingerprint density at radius 1 is 1.45 bits per heavy atom. The summed E-state index contributed by atoms with van der Waals surface area (Å²) in [6.07, 6.45) is -0.0313. The minimum atomic E-state index is -1.15. The SMILES string of the molecule is [2H]C(C(C)=O)C(=O)CCC(C)C. The average molecular weight is 157 g/mol. The zero-order valence-corrected chi connectivity index (χ0v) is 7.39. The Morgan fingerprint density at radius 3 is 2.36 bits per heavy atom. The Bertz CT molecular complexity index is 175. The van der Waals surface area contributed by atoms with Crippen LogP contribution in [0.3, 0.4) is 0 Å². The summed E-state index contributed by atoms with van der Waals surface area (Å²) in [7, 11) is 0. The number of ketones is 2. The van der Waals surface area contributed by atoms with Crippen molar-refractivity contribution in [3.05, 3.63) is 0 Å². The second-order valence-electron chi connectivity index (χ2n) is 3.15. The van der Waals surface area contributed by atoms with E-state index in [1.165, 1.54) is 6.92 Å². The first-order chi connectivity index (χ1) is 5.45. The highest BCUT2D eigenvalue weighted by molar-refractivity contribution is 5.97. The predicted molar refractivity (Wildman–Crippen MR) is 44.4 cm³/mol. The van der Waals surface area contributed by atoms with Crippen molar-refractivity contribution in [3.63, 3.8) is 0 Å². The van der Waals surface area contributed by atoms with Crippen molar-refractivity contribution in [2.45, 2.75) is 40.0 Å². The maximum atomic E-state index is 11.1. The molecule has 0 amide bonds. The summed E-state index contributed by atoms with van der Waals surface area (Å²) in [6.45, 7) is 5.31. The molecule has 2 heteroatoms. The number of Topliss-reactive ketones (excluding diaryl/α,β-unsaturated/α-hetero) is 2. The lowest BCUT2D eigenvalue weighted by atomic mass is 10.0. The van der Waals surface area contributed by atoms with Crippen LogP contribution in [-0.4, -0.2) is 11.6 Å².